The van der Waals surface area contributed by atoms with Gasteiger partial charge in [-0.05, 0) is 31.5 Å². The van der Waals surface area contributed by atoms with E-state index >= 15 is 0 Å². The summed E-state index contributed by atoms with van der Waals surface area (Å²) in [6, 6.07) is 9.08. The number of carbonyl (C=O) groups excluding carboxylic acids is 2. The van der Waals surface area contributed by atoms with Crippen LogP contribution in [0.2, 0.25) is 0 Å². The molecule has 26 heavy (non-hydrogen) atoms. The smallest absolute Gasteiger partial charge is 0.274 e. The van der Waals surface area contributed by atoms with Gasteiger partial charge in [-0.2, -0.15) is 5.10 Å². The van der Waals surface area contributed by atoms with Gasteiger partial charge in [0.1, 0.15) is 12.4 Å². The van der Waals surface area contributed by atoms with Crippen LogP contribution in [0.15, 0.2) is 30.3 Å². The van der Waals surface area contributed by atoms with Gasteiger partial charge in [0, 0.05) is 31.2 Å². The average molecular weight is 356 g/mol. The normalized spacial score (nSPS) is 17.2. The molecule has 1 atom stereocenters. The Balaban J connectivity index is 1.60. The van der Waals surface area contributed by atoms with E-state index < -0.39 is 0 Å². The number of hydrogen-bond donors (Lipinski definition) is 2. The van der Waals surface area contributed by atoms with Gasteiger partial charge in [-0.25, -0.2) is 0 Å². The number of nitrogens with zero attached hydrogens (tertiary/aromatic N) is 2. The monoisotopic (exact) mass is 356 g/mol. The highest BCUT2D eigenvalue weighted by molar-refractivity contribution is 5.94. The number of piperazine rings is 1. The molecule has 1 saturated heterocycles. The lowest BCUT2D eigenvalue weighted by molar-refractivity contribution is 0.0695. The highest BCUT2D eigenvalue weighted by Gasteiger charge is 2.24. The number of hydrogen-bond acceptors (Lipinski definition) is 5. The Bertz CT molecular complexity index is 787. The van der Waals surface area contributed by atoms with Crippen molar-refractivity contribution < 1.29 is 14.3 Å². The van der Waals surface area contributed by atoms with E-state index in [1.54, 1.807) is 30.3 Å². The first-order chi connectivity index (χ1) is 12.6. The number of aromatic nitrogens is 2. The predicted octanol–water partition coefficient (Wildman–Crippen LogP) is 2.02. The molecule has 1 fully saturated rings. The molecule has 2 heterocycles. The Hall–Kier alpha value is -2.67. The van der Waals surface area contributed by atoms with Crippen LogP contribution in [0.4, 0.5) is 0 Å². The molecule has 1 amide bonds. The van der Waals surface area contributed by atoms with Gasteiger partial charge in [0.2, 0.25) is 0 Å². The number of ketones is 1. The van der Waals surface area contributed by atoms with Gasteiger partial charge in [-0.15, -0.1) is 0 Å². The molecule has 1 aromatic heterocycles. The standard InChI is InChI=1S/C19H24N4O3/c1-3-15-11-23(8-7-20-15)19(25)18-10-16(21-22-18)12-26-17-6-4-5-14(9-17)13(2)24/h4-6,9-10,15,20H,3,7-8,11-12H2,1-2H3,(H,21,22)/t15-/m0/s1. The van der Waals surface area contributed by atoms with Crippen molar-refractivity contribution in [2.75, 3.05) is 19.6 Å². The SMILES string of the molecule is CC[C@H]1CN(C(=O)c2cc(COc3cccc(C(C)=O)c3)[nH]n2)CCN1. The van der Waals surface area contributed by atoms with E-state index in [4.69, 9.17) is 4.74 Å². The summed E-state index contributed by atoms with van der Waals surface area (Å²) in [4.78, 5) is 25.9. The van der Waals surface area contributed by atoms with Crippen molar-refractivity contribution in [1.29, 1.82) is 0 Å². The van der Waals surface area contributed by atoms with Crippen molar-refractivity contribution in [3.05, 3.63) is 47.3 Å². The van der Waals surface area contributed by atoms with Crippen LogP contribution < -0.4 is 10.1 Å². The van der Waals surface area contributed by atoms with Gasteiger partial charge in [0.05, 0.1) is 5.69 Å². The zero-order valence-corrected chi connectivity index (χ0v) is 15.1. The number of rotatable bonds is 6. The zero-order valence-electron chi connectivity index (χ0n) is 15.1. The third-order valence-electron chi connectivity index (χ3n) is 4.52. The summed E-state index contributed by atoms with van der Waals surface area (Å²) < 4.78 is 5.70. The maximum Gasteiger partial charge on any atom is 0.274 e. The molecule has 3 rings (SSSR count). The molecule has 0 aliphatic carbocycles. The Labute approximate surface area is 152 Å². The number of H-pyrrole nitrogens is 1. The summed E-state index contributed by atoms with van der Waals surface area (Å²) in [6.07, 6.45) is 0.989. The molecule has 0 radical (unpaired) electrons. The molecular weight excluding hydrogens is 332 g/mol. The van der Waals surface area contributed by atoms with Crippen molar-refractivity contribution >= 4 is 11.7 Å². The van der Waals surface area contributed by atoms with Crippen molar-refractivity contribution in [3.8, 4) is 5.75 Å². The molecule has 2 N–H and O–H groups in total. The maximum absolute atomic E-state index is 12.6. The topological polar surface area (TPSA) is 87.3 Å². The summed E-state index contributed by atoms with van der Waals surface area (Å²) in [5.41, 5.74) is 1.72. The molecule has 0 bridgehead atoms. The van der Waals surface area contributed by atoms with Gasteiger partial charge >= 0.3 is 0 Å². The molecule has 1 aromatic carbocycles. The highest BCUT2D eigenvalue weighted by Crippen LogP contribution is 2.16. The van der Waals surface area contributed by atoms with Gasteiger partial charge in [0.15, 0.2) is 11.5 Å². The van der Waals surface area contributed by atoms with Crippen molar-refractivity contribution in [1.82, 2.24) is 20.4 Å². The maximum atomic E-state index is 12.6. The fraction of sp³-hybridized carbons (Fsp3) is 0.421. The average Bonchev–Trinajstić information content (AvgIpc) is 3.15. The van der Waals surface area contributed by atoms with Crippen LogP contribution in [0, 0.1) is 0 Å². The van der Waals surface area contributed by atoms with E-state index in [1.807, 2.05) is 4.90 Å². The first-order valence-corrected chi connectivity index (χ1v) is 8.87. The number of amides is 1. The van der Waals surface area contributed by atoms with Crippen LogP contribution in [-0.4, -0.2) is 52.5 Å². The van der Waals surface area contributed by atoms with Crippen LogP contribution in [0.3, 0.4) is 0 Å². The first-order valence-electron chi connectivity index (χ1n) is 8.87. The molecular formula is C19H24N4O3. The molecule has 0 spiro atoms. The minimum absolute atomic E-state index is 0.00808. The number of ether oxygens (including phenoxy) is 1. The van der Waals surface area contributed by atoms with E-state index in [9.17, 15) is 9.59 Å². The van der Waals surface area contributed by atoms with Crippen LogP contribution in [0.1, 0.15) is 46.8 Å². The van der Waals surface area contributed by atoms with Gasteiger partial charge in [0.25, 0.3) is 5.91 Å². The van der Waals surface area contributed by atoms with Crippen LogP contribution in [-0.2, 0) is 6.61 Å². The first kappa shape index (κ1) is 18.1. The Morgan fingerprint density at radius 2 is 2.19 bits per heavy atom. The number of benzene rings is 1. The quantitative estimate of drug-likeness (QED) is 0.773. The second-order valence-electron chi connectivity index (χ2n) is 6.46. The summed E-state index contributed by atoms with van der Waals surface area (Å²) in [6.45, 7) is 6.07. The molecule has 0 unspecified atom stereocenters. The molecule has 7 heteroatoms. The van der Waals surface area contributed by atoms with Gasteiger partial charge in [-0.1, -0.05) is 19.1 Å². The lowest BCUT2D eigenvalue weighted by Crippen LogP contribution is -2.52. The Morgan fingerprint density at radius 1 is 1.35 bits per heavy atom. The molecule has 138 valence electrons. The van der Waals surface area contributed by atoms with Crippen LogP contribution in [0.25, 0.3) is 0 Å². The van der Waals surface area contributed by atoms with E-state index in [-0.39, 0.29) is 18.3 Å². The predicted molar refractivity (Wildman–Crippen MR) is 97.4 cm³/mol. The number of aromatic amines is 1. The summed E-state index contributed by atoms with van der Waals surface area (Å²) in [5.74, 6) is 0.533. The number of nitrogens with one attached hydrogen (secondary N) is 2. The van der Waals surface area contributed by atoms with Crippen molar-refractivity contribution in [2.24, 2.45) is 0 Å². The largest absolute Gasteiger partial charge is 0.487 e. The zero-order chi connectivity index (χ0) is 18.5. The summed E-state index contributed by atoms with van der Waals surface area (Å²) in [5, 5.41) is 10.4. The van der Waals surface area contributed by atoms with Crippen LogP contribution in [0.5, 0.6) is 5.75 Å². The second kappa shape index (κ2) is 8.14. The molecule has 7 nitrogen and oxygen atoms in total. The third kappa shape index (κ3) is 4.29. The van der Waals surface area contributed by atoms with Gasteiger partial charge in [-0.3, -0.25) is 14.7 Å². The second-order valence-corrected chi connectivity index (χ2v) is 6.46. The molecule has 1 aliphatic heterocycles. The molecule has 1 aliphatic rings. The van der Waals surface area contributed by atoms with Crippen molar-refractivity contribution in [2.45, 2.75) is 32.9 Å². The summed E-state index contributed by atoms with van der Waals surface area (Å²) in [7, 11) is 0. The van der Waals surface area contributed by atoms with Gasteiger partial charge < -0.3 is 15.0 Å². The fourth-order valence-electron chi connectivity index (χ4n) is 2.96. The van der Waals surface area contributed by atoms with Crippen LogP contribution >= 0.6 is 0 Å². The van der Waals surface area contributed by atoms with E-state index in [2.05, 4.69) is 22.4 Å². The van der Waals surface area contributed by atoms with E-state index in [0.29, 0.717) is 41.8 Å². The number of carbonyl (C=O) groups is 2. The fourth-order valence-corrected chi connectivity index (χ4v) is 2.96. The Morgan fingerprint density at radius 3 is 2.96 bits per heavy atom. The number of Topliss-reactive ketones (excluding diaryl/α,β-unsaturated/α-hetero) is 1. The molecule has 0 saturated carbocycles. The van der Waals surface area contributed by atoms with E-state index in [0.717, 1.165) is 13.0 Å². The Kier molecular flexibility index (Phi) is 5.68. The third-order valence-corrected chi connectivity index (χ3v) is 4.52. The minimum atomic E-state index is -0.0639. The van der Waals surface area contributed by atoms with Crippen molar-refractivity contribution in [3.63, 3.8) is 0 Å². The summed E-state index contributed by atoms with van der Waals surface area (Å²) >= 11 is 0. The molecule has 2 aromatic rings. The lowest BCUT2D eigenvalue weighted by atomic mass is 10.1. The minimum Gasteiger partial charge on any atom is -0.487 e. The lowest BCUT2D eigenvalue weighted by Gasteiger charge is -2.32. The highest BCUT2D eigenvalue weighted by atomic mass is 16.5. The van der Waals surface area contributed by atoms with E-state index in [1.165, 1.54) is 6.92 Å².